The number of rotatable bonds is 2. The number of fused-ring (bicyclic) bond motifs is 1. The van der Waals surface area contributed by atoms with Crippen molar-refractivity contribution in [2.45, 2.75) is 12.2 Å². The minimum Gasteiger partial charge on any atom is -0.467 e. The quantitative estimate of drug-likeness (QED) is 0.552. The Hall–Kier alpha value is -1.75. The Labute approximate surface area is 91.9 Å². The normalized spacial score (nSPS) is 25.3. The van der Waals surface area contributed by atoms with Crippen LogP contribution in [0.3, 0.4) is 0 Å². The van der Waals surface area contributed by atoms with Crippen LogP contribution in [-0.4, -0.2) is 26.0 Å². The maximum absolute atomic E-state index is 11.2. The van der Waals surface area contributed by atoms with Gasteiger partial charge in [0.1, 0.15) is 6.10 Å². The van der Waals surface area contributed by atoms with E-state index in [1.807, 2.05) is 18.2 Å². The van der Waals surface area contributed by atoms with Gasteiger partial charge in [-0.25, -0.2) is 4.79 Å². The molecule has 1 aromatic carbocycles. The number of carbonyl (C=O) groups excluding carboxylic acids is 1. The lowest BCUT2D eigenvalue weighted by molar-refractivity contribution is -0.142. The zero-order chi connectivity index (χ0) is 11.1. The highest BCUT2D eigenvalue weighted by molar-refractivity contribution is 5.78. The summed E-state index contributed by atoms with van der Waals surface area (Å²) in [5.74, 6) is 1.07. The van der Waals surface area contributed by atoms with Gasteiger partial charge in [0.05, 0.1) is 7.11 Å². The van der Waals surface area contributed by atoms with Crippen molar-refractivity contribution in [2.75, 3.05) is 13.9 Å². The fourth-order valence-corrected chi connectivity index (χ4v) is 1.75. The van der Waals surface area contributed by atoms with Crippen molar-refractivity contribution in [1.29, 1.82) is 0 Å². The molecule has 0 aromatic heterocycles. The molecule has 0 spiro atoms. The van der Waals surface area contributed by atoms with Crippen LogP contribution in [0.5, 0.6) is 11.5 Å². The summed E-state index contributed by atoms with van der Waals surface area (Å²) in [6, 6.07) is 5.50. The summed E-state index contributed by atoms with van der Waals surface area (Å²) in [7, 11) is 1.35. The lowest BCUT2D eigenvalue weighted by Crippen LogP contribution is -2.09. The van der Waals surface area contributed by atoms with E-state index < -0.39 is 6.10 Å². The second-order valence-corrected chi connectivity index (χ2v) is 3.61. The first-order chi connectivity index (χ1) is 7.79. The zero-order valence-electron chi connectivity index (χ0n) is 8.64. The largest absolute Gasteiger partial charge is 0.467 e. The molecular formula is C11H10O5. The molecule has 2 heterocycles. The summed E-state index contributed by atoms with van der Waals surface area (Å²) in [5.41, 5.74) is 0.902. The van der Waals surface area contributed by atoms with Gasteiger partial charge in [0.2, 0.25) is 6.79 Å². The molecule has 0 saturated carbocycles. The van der Waals surface area contributed by atoms with E-state index in [9.17, 15) is 4.79 Å². The molecule has 2 atom stereocenters. The molecule has 0 amide bonds. The molecule has 0 bridgehead atoms. The Morgan fingerprint density at radius 2 is 2.19 bits per heavy atom. The van der Waals surface area contributed by atoms with Crippen molar-refractivity contribution in [2.24, 2.45) is 0 Å². The van der Waals surface area contributed by atoms with Gasteiger partial charge in [0.15, 0.2) is 17.6 Å². The summed E-state index contributed by atoms with van der Waals surface area (Å²) < 4.78 is 20.3. The van der Waals surface area contributed by atoms with Gasteiger partial charge in [-0.3, -0.25) is 0 Å². The number of carbonyl (C=O) groups is 1. The lowest BCUT2D eigenvalue weighted by atomic mass is 10.1. The standard InChI is InChI=1S/C11H10O5/c1-13-11(12)10-9(16-10)6-2-3-7-8(4-6)15-5-14-7/h2-4,9-10H,5H2,1H3/t9-,10-/m0/s1. The van der Waals surface area contributed by atoms with E-state index in [0.717, 1.165) is 11.3 Å². The Bertz CT molecular complexity index is 442. The highest BCUT2D eigenvalue weighted by Gasteiger charge is 2.47. The van der Waals surface area contributed by atoms with E-state index >= 15 is 0 Å². The van der Waals surface area contributed by atoms with Gasteiger partial charge >= 0.3 is 5.97 Å². The summed E-state index contributed by atoms with van der Waals surface area (Å²) >= 11 is 0. The molecule has 3 rings (SSSR count). The fourth-order valence-electron chi connectivity index (χ4n) is 1.75. The topological polar surface area (TPSA) is 57.3 Å². The molecule has 2 aliphatic rings. The Morgan fingerprint density at radius 1 is 1.38 bits per heavy atom. The van der Waals surface area contributed by atoms with Crippen molar-refractivity contribution in [3.63, 3.8) is 0 Å². The first-order valence-corrected chi connectivity index (χ1v) is 4.92. The third-order valence-corrected chi connectivity index (χ3v) is 2.65. The summed E-state index contributed by atoms with van der Waals surface area (Å²) in [6.45, 7) is 0.241. The van der Waals surface area contributed by atoms with Gasteiger partial charge in [-0.15, -0.1) is 0 Å². The summed E-state index contributed by atoms with van der Waals surface area (Å²) in [6.07, 6.45) is -0.702. The van der Waals surface area contributed by atoms with E-state index in [1.165, 1.54) is 7.11 Å². The van der Waals surface area contributed by atoms with Crippen LogP contribution in [0.1, 0.15) is 11.7 Å². The molecule has 0 aliphatic carbocycles. The summed E-state index contributed by atoms with van der Waals surface area (Å²) in [5, 5.41) is 0. The van der Waals surface area contributed by atoms with E-state index in [-0.39, 0.29) is 18.9 Å². The third kappa shape index (κ3) is 1.40. The van der Waals surface area contributed by atoms with Crippen molar-refractivity contribution < 1.29 is 23.7 Å². The average Bonchev–Trinajstić information content (AvgIpc) is 2.98. The van der Waals surface area contributed by atoms with Crippen LogP contribution >= 0.6 is 0 Å². The Morgan fingerprint density at radius 3 is 3.00 bits per heavy atom. The van der Waals surface area contributed by atoms with Crippen LogP contribution in [0.15, 0.2) is 18.2 Å². The predicted molar refractivity (Wildman–Crippen MR) is 52.2 cm³/mol. The molecule has 1 aromatic rings. The number of epoxide rings is 1. The van der Waals surface area contributed by atoms with Crippen LogP contribution in [-0.2, 0) is 14.3 Å². The molecule has 84 valence electrons. The predicted octanol–water partition coefficient (Wildman–Crippen LogP) is 1.03. The van der Waals surface area contributed by atoms with Gasteiger partial charge in [-0.2, -0.15) is 0 Å². The van der Waals surface area contributed by atoms with E-state index in [0.29, 0.717) is 5.75 Å². The van der Waals surface area contributed by atoms with E-state index in [2.05, 4.69) is 4.74 Å². The first kappa shape index (κ1) is 9.47. The molecule has 1 saturated heterocycles. The molecular weight excluding hydrogens is 212 g/mol. The second kappa shape index (κ2) is 3.38. The second-order valence-electron chi connectivity index (χ2n) is 3.61. The van der Waals surface area contributed by atoms with Crippen LogP contribution in [0.4, 0.5) is 0 Å². The molecule has 0 N–H and O–H groups in total. The SMILES string of the molecule is COC(=O)[C@H]1O[C@H]1c1ccc2c(c1)OCO2. The van der Waals surface area contributed by atoms with E-state index in [4.69, 9.17) is 14.2 Å². The molecule has 0 unspecified atom stereocenters. The number of hydrogen-bond acceptors (Lipinski definition) is 5. The van der Waals surface area contributed by atoms with Crippen LogP contribution in [0, 0.1) is 0 Å². The highest BCUT2D eigenvalue weighted by atomic mass is 16.7. The lowest BCUT2D eigenvalue weighted by Gasteiger charge is -1.99. The minimum atomic E-state index is -0.481. The molecule has 16 heavy (non-hydrogen) atoms. The minimum absolute atomic E-state index is 0.220. The molecule has 1 fully saturated rings. The molecule has 2 aliphatic heterocycles. The fraction of sp³-hybridized carbons (Fsp3) is 0.364. The third-order valence-electron chi connectivity index (χ3n) is 2.65. The van der Waals surface area contributed by atoms with Gasteiger partial charge in [-0.1, -0.05) is 6.07 Å². The maximum atomic E-state index is 11.2. The van der Waals surface area contributed by atoms with E-state index in [1.54, 1.807) is 0 Å². The van der Waals surface area contributed by atoms with Gasteiger partial charge < -0.3 is 18.9 Å². The van der Waals surface area contributed by atoms with Gasteiger partial charge in [0.25, 0.3) is 0 Å². The molecule has 0 radical (unpaired) electrons. The maximum Gasteiger partial charge on any atom is 0.338 e. The van der Waals surface area contributed by atoms with Crippen molar-refractivity contribution >= 4 is 5.97 Å². The van der Waals surface area contributed by atoms with Crippen molar-refractivity contribution in [3.8, 4) is 11.5 Å². The Kier molecular flexibility index (Phi) is 2.00. The summed E-state index contributed by atoms with van der Waals surface area (Å²) in [4.78, 5) is 11.2. The van der Waals surface area contributed by atoms with Crippen molar-refractivity contribution in [1.82, 2.24) is 0 Å². The number of esters is 1. The monoisotopic (exact) mass is 222 g/mol. The van der Waals surface area contributed by atoms with Crippen LogP contribution in [0.25, 0.3) is 0 Å². The number of ether oxygens (including phenoxy) is 4. The van der Waals surface area contributed by atoms with Crippen LogP contribution < -0.4 is 9.47 Å². The van der Waals surface area contributed by atoms with Gasteiger partial charge in [-0.05, 0) is 17.7 Å². The number of benzene rings is 1. The van der Waals surface area contributed by atoms with Crippen molar-refractivity contribution in [3.05, 3.63) is 23.8 Å². The zero-order valence-corrected chi connectivity index (χ0v) is 8.64. The van der Waals surface area contributed by atoms with Crippen LogP contribution in [0.2, 0.25) is 0 Å². The number of methoxy groups -OCH3 is 1. The molecule has 5 nitrogen and oxygen atoms in total. The first-order valence-electron chi connectivity index (χ1n) is 4.92. The van der Waals surface area contributed by atoms with Gasteiger partial charge in [0, 0.05) is 0 Å². The highest BCUT2D eigenvalue weighted by Crippen LogP contribution is 2.43. The smallest absolute Gasteiger partial charge is 0.338 e. The number of hydrogen-bond donors (Lipinski definition) is 0. The average molecular weight is 222 g/mol. The molecule has 5 heteroatoms. The Balaban J connectivity index is 1.80.